The number of esters is 2. The summed E-state index contributed by atoms with van der Waals surface area (Å²) in [5, 5.41) is 8.71. The van der Waals surface area contributed by atoms with Gasteiger partial charge in [0.2, 0.25) is 0 Å². The third-order valence-electron chi connectivity index (χ3n) is 3.25. The zero-order valence-electron chi connectivity index (χ0n) is 7.67. The van der Waals surface area contributed by atoms with Gasteiger partial charge >= 0.3 is 11.9 Å². The van der Waals surface area contributed by atoms with E-state index in [4.69, 9.17) is 10.00 Å². The predicted octanol–water partition coefficient (Wildman–Crippen LogP) is -0.0767. The Bertz CT molecular complexity index is 435. The molecular weight excluding hydrogens is 198 g/mol. The molecule has 3 heterocycles. The first-order valence-corrected chi connectivity index (χ1v) is 4.68. The molecule has 4 atom stereocenters. The molecule has 0 aromatic heterocycles. The van der Waals surface area contributed by atoms with Crippen molar-refractivity contribution in [3.05, 3.63) is 12.2 Å². The Kier molecular flexibility index (Phi) is 1.42. The Balaban J connectivity index is 2.07. The van der Waals surface area contributed by atoms with E-state index < -0.39 is 35.5 Å². The highest BCUT2D eigenvalue weighted by Gasteiger charge is 2.66. The second-order valence-electron chi connectivity index (χ2n) is 3.98. The minimum Gasteiger partial charge on any atom is -0.393 e. The average Bonchev–Trinajstić information content (AvgIpc) is 2.79. The molecule has 0 aromatic carbocycles. The Morgan fingerprint density at radius 2 is 2.27 bits per heavy atom. The van der Waals surface area contributed by atoms with Crippen molar-refractivity contribution in [2.24, 2.45) is 11.8 Å². The van der Waals surface area contributed by atoms with Crippen molar-refractivity contribution in [1.82, 2.24) is 0 Å². The molecule has 3 rings (SSSR count). The zero-order chi connectivity index (χ0) is 10.6. The minimum atomic E-state index is -0.923. The SMILES string of the molecule is N#CC[C@]12C=C[C@H](O1)[C@@H]1C(=O)OC(=O)C12. The van der Waals surface area contributed by atoms with Crippen LogP contribution in [0.1, 0.15) is 6.42 Å². The van der Waals surface area contributed by atoms with E-state index in [-0.39, 0.29) is 6.42 Å². The van der Waals surface area contributed by atoms with Gasteiger partial charge in [0.1, 0.15) is 17.4 Å². The van der Waals surface area contributed by atoms with E-state index >= 15 is 0 Å². The van der Waals surface area contributed by atoms with Crippen LogP contribution in [0.5, 0.6) is 0 Å². The molecular formula is C10H7NO4. The molecule has 3 aliphatic rings. The zero-order valence-corrected chi connectivity index (χ0v) is 7.67. The van der Waals surface area contributed by atoms with Gasteiger partial charge in [-0.2, -0.15) is 5.26 Å². The van der Waals surface area contributed by atoms with Gasteiger partial charge in [-0.1, -0.05) is 12.2 Å². The van der Waals surface area contributed by atoms with Crippen molar-refractivity contribution < 1.29 is 19.1 Å². The first kappa shape index (κ1) is 8.62. The predicted molar refractivity (Wildman–Crippen MR) is 45.1 cm³/mol. The smallest absolute Gasteiger partial charge is 0.320 e. The number of nitriles is 1. The lowest BCUT2D eigenvalue weighted by molar-refractivity contribution is -0.158. The van der Waals surface area contributed by atoms with Crippen LogP contribution in [0.25, 0.3) is 0 Å². The van der Waals surface area contributed by atoms with Crippen LogP contribution in [-0.4, -0.2) is 23.6 Å². The van der Waals surface area contributed by atoms with Crippen LogP contribution in [-0.2, 0) is 19.1 Å². The number of ether oxygens (including phenoxy) is 2. The molecule has 0 spiro atoms. The Hall–Kier alpha value is -1.67. The monoisotopic (exact) mass is 205 g/mol. The molecule has 0 saturated carbocycles. The maximum absolute atomic E-state index is 11.5. The fraction of sp³-hybridized carbons (Fsp3) is 0.500. The van der Waals surface area contributed by atoms with Crippen molar-refractivity contribution in [2.45, 2.75) is 18.1 Å². The van der Waals surface area contributed by atoms with Crippen LogP contribution in [0.15, 0.2) is 12.2 Å². The van der Waals surface area contributed by atoms with Gasteiger partial charge < -0.3 is 9.47 Å². The van der Waals surface area contributed by atoms with Crippen molar-refractivity contribution in [3.63, 3.8) is 0 Å². The number of nitrogens with zero attached hydrogens (tertiary/aromatic N) is 1. The number of fused-ring (bicyclic) bond motifs is 5. The summed E-state index contributed by atoms with van der Waals surface area (Å²) in [6.07, 6.45) is 3.12. The third-order valence-corrected chi connectivity index (χ3v) is 3.25. The first-order valence-electron chi connectivity index (χ1n) is 4.68. The Morgan fingerprint density at radius 1 is 1.47 bits per heavy atom. The van der Waals surface area contributed by atoms with E-state index in [1.807, 2.05) is 6.07 Å². The normalized spacial score (nSPS) is 45.4. The largest absolute Gasteiger partial charge is 0.393 e. The highest BCUT2D eigenvalue weighted by atomic mass is 16.6. The second kappa shape index (κ2) is 2.47. The van der Waals surface area contributed by atoms with Gasteiger partial charge in [-0.15, -0.1) is 0 Å². The van der Waals surface area contributed by atoms with E-state index in [0.29, 0.717) is 0 Å². The van der Waals surface area contributed by atoms with Crippen LogP contribution in [0.3, 0.4) is 0 Å². The van der Waals surface area contributed by atoms with Crippen molar-refractivity contribution in [2.75, 3.05) is 0 Å². The van der Waals surface area contributed by atoms with Gasteiger partial charge in [0.05, 0.1) is 18.6 Å². The number of hydrogen-bond acceptors (Lipinski definition) is 5. The maximum Gasteiger partial charge on any atom is 0.320 e. The standard InChI is InChI=1S/C10H7NO4/c11-4-3-10-2-1-5(15-10)6-7(10)9(13)14-8(6)12/h1-2,5-7H,3H2/t5-,6-,7?,10-/m0/s1. The van der Waals surface area contributed by atoms with Gasteiger partial charge in [0.25, 0.3) is 0 Å². The number of cyclic esters (lactones) is 2. The molecule has 2 fully saturated rings. The quantitative estimate of drug-likeness (QED) is 0.340. The van der Waals surface area contributed by atoms with Gasteiger partial charge in [-0.25, -0.2) is 0 Å². The lowest BCUT2D eigenvalue weighted by Gasteiger charge is -2.23. The summed E-state index contributed by atoms with van der Waals surface area (Å²) in [7, 11) is 0. The molecule has 0 amide bonds. The summed E-state index contributed by atoms with van der Waals surface area (Å²) in [6, 6.07) is 1.98. The summed E-state index contributed by atoms with van der Waals surface area (Å²) in [5.41, 5.74) is -0.923. The maximum atomic E-state index is 11.5. The Morgan fingerprint density at radius 3 is 3.00 bits per heavy atom. The number of hydrogen-bond donors (Lipinski definition) is 0. The van der Waals surface area contributed by atoms with Gasteiger partial charge in [0, 0.05) is 0 Å². The van der Waals surface area contributed by atoms with E-state index in [2.05, 4.69) is 4.74 Å². The fourth-order valence-electron chi connectivity index (χ4n) is 2.63. The number of carbonyl (C=O) groups excluding carboxylic acids is 2. The van der Waals surface area contributed by atoms with Crippen LogP contribution < -0.4 is 0 Å². The number of rotatable bonds is 1. The van der Waals surface area contributed by atoms with Crippen molar-refractivity contribution in [1.29, 1.82) is 5.26 Å². The first-order chi connectivity index (χ1) is 7.18. The summed E-state index contributed by atoms with van der Waals surface area (Å²) in [5.74, 6) is -2.26. The molecule has 76 valence electrons. The summed E-state index contributed by atoms with van der Waals surface area (Å²) in [4.78, 5) is 22.8. The van der Waals surface area contributed by atoms with Gasteiger partial charge in [-0.05, 0) is 0 Å². The lowest BCUT2D eigenvalue weighted by atomic mass is 9.76. The fourth-order valence-corrected chi connectivity index (χ4v) is 2.63. The van der Waals surface area contributed by atoms with E-state index in [1.54, 1.807) is 12.2 Å². The van der Waals surface area contributed by atoms with Crippen molar-refractivity contribution in [3.8, 4) is 6.07 Å². The summed E-state index contributed by atoms with van der Waals surface area (Å²) < 4.78 is 10.1. The minimum absolute atomic E-state index is 0.0730. The van der Waals surface area contributed by atoms with Gasteiger partial charge in [-0.3, -0.25) is 9.59 Å². The van der Waals surface area contributed by atoms with E-state index in [1.165, 1.54) is 0 Å². The molecule has 2 bridgehead atoms. The molecule has 5 nitrogen and oxygen atoms in total. The molecule has 5 heteroatoms. The molecule has 15 heavy (non-hydrogen) atoms. The van der Waals surface area contributed by atoms with Crippen LogP contribution in [0, 0.1) is 23.2 Å². The average molecular weight is 205 g/mol. The molecule has 0 aliphatic carbocycles. The topological polar surface area (TPSA) is 76.4 Å². The second-order valence-corrected chi connectivity index (χ2v) is 3.98. The molecule has 2 saturated heterocycles. The number of carbonyl (C=O) groups is 2. The molecule has 0 aromatic rings. The molecule has 0 N–H and O–H groups in total. The van der Waals surface area contributed by atoms with Crippen LogP contribution in [0.4, 0.5) is 0 Å². The molecule has 1 unspecified atom stereocenters. The third kappa shape index (κ3) is 0.851. The van der Waals surface area contributed by atoms with Crippen molar-refractivity contribution >= 4 is 11.9 Å². The van der Waals surface area contributed by atoms with E-state index in [9.17, 15) is 9.59 Å². The van der Waals surface area contributed by atoms with Crippen LogP contribution in [0.2, 0.25) is 0 Å². The summed E-state index contributed by atoms with van der Waals surface area (Å²) >= 11 is 0. The highest BCUT2D eigenvalue weighted by Crippen LogP contribution is 2.52. The van der Waals surface area contributed by atoms with Crippen LogP contribution >= 0.6 is 0 Å². The lowest BCUT2D eigenvalue weighted by Crippen LogP contribution is -2.37. The van der Waals surface area contributed by atoms with Gasteiger partial charge in [0.15, 0.2) is 0 Å². The molecule has 3 aliphatic heterocycles. The van der Waals surface area contributed by atoms with E-state index in [0.717, 1.165) is 0 Å². The highest BCUT2D eigenvalue weighted by molar-refractivity contribution is 5.99. The Labute approximate surface area is 85.3 Å². The summed E-state index contributed by atoms with van der Waals surface area (Å²) in [6.45, 7) is 0. The molecule has 0 radical (unpaired) electrons.